The quantitative estimate of drug-likeness (QED) is 0.740. The van der Waals surface area contributed by atoms with Gasteiger partial charge in [-0.2, -0.15) is 0 Å². The van der Waals surface area contributed by atoms with Gasteiger partial charge in [0.1, 0.15) is 5.82 Å². The Bertz CT molecular complexity index is 901. The van der Waals surface area contributed by atoms with Crippen molar-refractivity contribution in [2.24, 2.45) is 0 Å². The number of nitrogens with one attached hydrogen (secondary N) is 2. The molecular formula is C18H18Cl3N5O2. The van der Waals surface area contributed by atoms with Crippen LogP contribution in [0.2, 0.25) is 15.1 Å². The van der Waals surface area contributed by atoms with Crippen molar-refractivity contribution in [1.29, 1.82) is 0 Å². The van der Waals surface area contributed by atoms with E-state index < -0.39 is 0 Å². The number of urea groups is 1. The minimum absolute atomic E-state index is 0.194. The number of carbonyl (C=O) groups excluding carboxylic acids is 2. The summed E-state index contributed by atoms with van der Waals surface area (Å²) in [6.07, 6.45) is 1.55. The van der Waals surface area contributed by atoms with E-state index in [1.54, 1.807) is 35.4 Å². The molecule has 2 N–H and O–H groups in total. The average molecular weight is 443 g/mol. The van der Waals surface area contributed by atoms with Gasteiger partial charge in [-0.3, -0.25) is 4.79 Å². The number of rotatable bonds is 3. The third-order valence-electron chi connectivity index (χ3n) is 4.19. The number of nitrogens with zero attached hydrogens (tertiary/aromatic N) is 3. The summed E-state index contributed by atoms with van der Waals surface area (Å²) in [5.74, 6) is 0.462. The second-order valence-electron chi connectivity index (χ2n) is 6.24. The maximum atomic E-state index is 12.5. The molecule has 7 nitrogen and oxygen atoms in total. The van der Waals surface area contributed by atoms with Crippen LogP contribution in [0.3, 0.4) is 0 Å². The largest absolute Gasteiger partial charge is 0.352 e. The van der Waals surface area contributed by atoms with Gasteiger partial charge in [0, 0.05) is 45.0 Å². The van der Waals surface area contributed by atoms with Gasteiger partial charge in [-0.1, -0.05) is 34.8 Å². The molecule has 0 aliphatic carbocycles. The Kier molecular flexibility index (Phi) is 6.49. The molecule has 0 unspecified atom stereocenters. The van der Waals surface area contributed by atoms with E-state index in [0.717, 1.165) is 0 Å². The molecule has 0 saturated carbocycles. The number of hydrogen-bond donors (Lipinski definition) is 2. The summed E-state index contributed by atoms with van der Waals surface area (Å²) in [6, 6.07) is 6.32. The minimum atomic E-state index is -0.246. The van der Waals surface area contributed by atoms with Crippen molar-refractivity contribution in [3.05, 3.63) is 45.5 Å². The second-order valence-corrected chi connectivity index (χ2v) is 7.49. The number of anilines is 3. The van der Waals surface area contributed by atoms with Gasteiger partial charge in [-0.05, 0) is 24.3 Å². The van der Waals surface area contributed by atoms with E-state index in [2.05, 4.69) is 15.6 Å². The molecule has 10 heteroatoms. The van der Waals surface area contributed by atoms with Gasteiger partial charge in [-0.15, -0.1) is 0 Å². The van der Waals surface area contributed by atoms with E-state index in [1.807, 2.05) is 4.90 Å². The molecule has 2 heterocycles. The van der Waals surface area contributed by atoms with Crippen LogP contribution < -0.4 is 15.5 Å². The van der Waals surface area contributed by atoms with Crippen LogP contribution in [-0.2, 0) is 4.79 Å². The van der Waals surface area contributed by atoms with Crippen LogP contribution in [0.25, 0.3) is 0 Å². The highest BCUT2D eigenvalue weighted by atomic mass is 35.5. The average Bonchev–Trinajstić information content (AvgIpc) is 2.63. The third-order valence-corrected chi connectivity index (χ3v) is 4.98. The molecule has 1 aromatic heterocycles. The zero-order valence-electron chi connectivity index (χ0n) is 15.0. The molecule has 1 aliphatic heterocycles. The summed E-state index contributed by atoms with van der Waals surface area (Å²) >= 11 is 18.3. The lowest BCUT2D eigenvalue weighted by Crippen LogP contribution is -2.50. The number of hydrogen-bond acceptors (Lipinski definition) is 4. The first kappa shape index (κ1) is 20.5. The van der Waals surface area contributed by atoms with Crippen LogP contribution in [0.5, 0.6) is 0 Å². The van der Waals surface area contributed by atoms with Gasteiger partial charge >= 0.3 is 6.03 Å². The Morgan fingerprint density at radius 1 is 1.00 bits per heavy atom. The number of halogens is 3. The predicted octanol–water partition coefficient (Wildman–Crippen LogP) is 4.35. The molecule has 3 rings (SSSR count). The Hall–Kier alpha value is -2.22. The van der Waals surface area contributed by atoms with E-state index in [4.69, 9.17) is 34.8 Å². The predicted molar refractivity (Wildman–Crippen MR) is 113 cm³/mol. The van der Waals surface area contributed by atoms with Gasteiger partial charge in [-0.25, -0.2) is 9.78 Å². The van der Waals surface area contributed by atoms with E-state index in [-0.39, 0.29) is 11.9 Å². The Labute approximate surface area is 177 Å². The number of benzene rings is 1. The highest BCUT2D eigenvalue weighted by Gasteiger charge is 2.23. The summed E-state index contributed by atoms with van der Waals surface area (Å²) in [6.45, 7) is 3.62. The molecule has 1 aromatic carbocycles. The minimum Gasteiger partial charge on any atom is -0.352 e. The number of amides is 3. The van der Waals surface area contributed by atoms with Crippen molar-refractivity contribution in [2.75, 3.05) is 41.7 Å². The number of piperazine rings is 1. The summed E-state index contributed by atoms with van der Waals surface area (Å²) in [4.78, 5) is 31.6. The molecule has 0 bridgehead atoms. The van der Waals surface area contributed by atoms with Crippen LogP contribution in [0.15, 0.2) is 30.5 Å². The first-order valence-electron chi connectivity index (χ1n) is 8.52. The molecular weight excluding hydrogens is 425 g/mol. The van der Waals surface area contributed by atoms with Gasteiger partial charge in [0.05, 0.1) is 20.8 Å². The second kappa shape index (κ2) is 8.86. The van der Waals surface area contributed by atoms with Crippen LogP contribution in [-0.4, -0.2) is 48.0 Å². The summed E-state index contributed by atoms with van der Waals surface area (Å²) in [7, 11) is 0. The summed E-state index contributed by atoms with van der Waals surface area (Å²) in [5, 5.41) is 6.75. The molecule has 0 radical (unpaired) electrons. The van der Waals surface area contributed by atoms with Crippen LogP contribution in [0, 0.1) is 0 Å². The van der Waals surface area contributed by atoms with Crippen LogP contribution in [0.4, 0.5) is 22.0 Å². The smallest absolute Gasteiger partial charge is 0.322 e. The van der Waals surface area contributed by atoms with Crippen molar-refractivity contribution in [2.45, 2.75) is 6.92 Å². The van der Waals surface area contributed by atoms with Crippen molar-refractivity contribution < 1.29 is 9.59 Å². The highest BCUT2D eigenvalue weighted by molar-refractivity contribution is 6.36. The number of aromatic nitrogens is 1. The third kappa shape index (κ3) is 4.98. The number of carbonyl (C=O) groups is 2. The molecule has 148 valence electrons. The lowest BCUT2D eigenvalue weighted by Gasteiger charge is -2.35. The van der Waals surface area contributed by atoms with E-state index in [9.17, 15) is 9.59 Å². The monoisotopic (exact) mass is 441 g/mol. The van der Waals surface area contributed by atoms with Crippen molar-refractivity contribution in [3.8, 4) is 0 Å². The van der Waals surface area contributed by atoms with E-state index in [0.29, 0.717) is 58.4 Å². The first-order valence-corrected chi connectivity index (χ1v) is 9.66. The Balaban J connectivity index is 1.59. The summed E-state index contributed by atoms with van der Waals surface area (Å²) in [5.41, 5.74) is 1.04. The Morgan fingerprint density at radius 3 is 2.32 bits per heavy atom. The van der Waals surface area contributed by atoms with Crippen LogP contribution >= 0.6 is 34.8 Å². The lowest BCUT2D eigenvalue weighted by molar-refractivity contribution is -0.114. The zero-order valence-corrected chi connectivity index (χ0v) is 17.3. The fourth-order valence-electron chi connectivity index (χ4n) is 2.85. The molecule has 28 heavy (non-hydrogen) atoms. The molecule has 3 amide bonds. The Morgan fingerprint density at radius 2 is 1.71 bits per heavy atom. The highest BCUT2D eigenvalue weighted by Crippen LogP contribution is 2.28. The molecule has 1 aliphatic rings. The van der Waals surface area contributed by atoms with Gasteiger partial charge in [0.2, 0.25) is 5.91 Å². The maximum Gasteiger partial charge on any atom is 0.322 e. The van der Waals surface area contributed by atoms with Gasteiger partial charge in [0.15, 0.2) is 0 Å². The van der Waals surface area contributed by atoms with Crippen molar-refractivity contribution in [1.82, 2.24) is 9.88 Å². The summed E-state index contributed by atoms with van der Waals surface area (Å²) < 4.78 is 0. The van der Waals surface area contributed by atoms with Gasteiger partial charge in [0.25, 0.3) is 0 Å². The zero-order chi connectivity index (χ0) is 20.3. The molecule has 0 atom stereocenters. The van der Waals surface area contributed by atoms with E-state index in [1.165, 1.54) is 6.92 Å². The fourth-order valence-corrected chi connectivity index (χ4v) is 3.58. The lowest BCUT2D eigenvalue weighted by atomic mass is 10.2. The van der Waals surface area contributed by atoms with Crippen molar-refractivity contribution >= 4 is 63.9 Å². The molecule has 1 fully saturated rings. The van der Waals surface area contributed by atoms with Crippen molar-refractivity contribution in [3.63, 3.8) is 0 Å². The van der Waals surface area contributed by atoms with Crippen LogP contribution in [0.1, 0.15) is 6.92 Å². The normalized spacial score (nSPS) is 14.0. The fraction of sp³-hybridized carbons (Fsp3) is 0.278. The molecule has 1 saturated heterocycles. The van der Waals surface area contributed by atoms with Gasteiger partial charge < -0.3 is 20.4 Å². The standard InChI is InChI=1S/C18H18Cl3N5O2/c1-11(27)23-13-2-3-16(14(20)9-13)24-18(28)26-6-4-25(5-7-26)17-15(21)8-12(19)10-22-17/h2-3,8-10H,4-7H2,1H3,(H,23,27)(H,24,28). The van der Waals surface area contributed by atoms with E-state index >= 15 is 0 Å². The number of pyridine rings is 1. The first-order chi connectivity index (χ1) is 13.3. The molecule has 2 aromatic rings. The maximum absolute atomic E-state index is 12.5. The SMILES string of the molecule is CC(=O)Nc1ccc(NC(=O)N2CCN(c3ncc(Cl)cc3Cl)CC2)c(Cl)c1. The molecule has 0 spiro atoms. The topological polar surface area (TPSA) is 77.6 Å².